The molecule has 2 aliphatic heterocycles. The molecule has 0 aliphatic carbocycles. The highest BCUT2D eigenvalue weighted by Gasteiger charge is 2.36. The van der Waals surface area contributed by atoms with Gasteiger partial charge in [-0.1, -0.05) is 13.8 Å². The summed E-state index contributed by atoms with van der Waals surface area (Å²) >= 11 is 0. The maximum Gasteiger partial charge on any atom is 0.387 e. The smallest absolute Gasteiger partial charge is 0.387 e. The largest absolute Gasteiger partial charge is 0.435 e. The predicted octanol–water partition coefficient (Wildman–Crippen LogP) is 2.74. The van der Waals surface area contributed by atoms with Crippen molar-refractivity contribution in [1.29, 1.82) is 0 Å². The zero-order chi connectivity index (χ0) is 23.9. The molecule has 3 heterocycles. The van der Waals surface area contributed by atoms with E-state index in [1.807, 2.05) is 32.7 Å². The second kappa shape index (κ2) is 8.80. The Hall–Kier alpha value is -3.50. The number of aromatic nitrogens is 2. The lowest BCUT2D eigenvalue weighted by atomic mass is 9.99. The molecule has 33 heavy (non-hydrogen) atoms. The lowest BCUT2D eigenvalue weighted by molar-refractivity contribution is -0.118. The minimum atomic E-state index is -2.91. The Morgan fingerprint density at radius 3 is 2.48 bits per heavy atom. The van der Waals surface area contributed by atoms with Crippen molar-refractivity contribution in [2.45, 2.75) is 39.5 Å². The summed E-state index contributed by atoms with van der Waals surface area (Å²) < 4.78 is 28.8. The Bertz CT molecular complexity index is 1060. The van der Waals surface area contributed by atoms with E-state index in [1.165, 1.54) is 24.3 Å². The van der Waals surface area contributed by atoms with Crippen LogP contribution in [0.4, 0.5) is 26.2 Å². The molecule has 11 heteroatoms. The number of alkyl halides is 2. The van der Waals surface area contributed by atoms with E-state index < -0.39 is 6.61 Å². The molecule has 2 aliphatic rings. The third-order valence-corrected chi connectivity index (χ3v) is 5.80. The van der Waals surface area contributed by atoms with Gasteiger partial charge in [0.05, 0.1) is 11.7 Å². The number of carbonyl (C=O) groups excluding carboxylic acids is 2. The van der Waals surface area contributed by atoms with Gasteiger partial charge in [-0.15, -0.1) is 0 Å². The number of nitrogens with zero attached hydrogens (tertiary/aromatic N) is 4. The average Bonchev–Trinajstić information content (AvgIpc) is 2.71. The molecule has 1 atom stereocenters. The van der Waals surface area contributed by atoms with E-state index in [0.717, 1.165) is 0 Å². The number of hydrogen-bond acceptors (Lipinski definition) is 7. The molecule has 9 nitrogen and oxygen atoms in total. The molecule has 1 aromatic carbocycles. The van der Waals surface area contributed by atoms with Crippen molar-refractivity contribution in [3.8, 4) is 5.75 Å². The van der Waals surface area contributed by atoms with Gasteiger partial charge < -0.3 is 25.2 Å². The molecule has 0 spiro atoms. The van der Waals surface area contributed by atoms with E-state index in [9.17, 15) is 18.4 Å². The number of anilines is 3. The van der Waals surface area contributed by atoms with Crippen molar-refractivity contribution in [3.63, 3.8) is 0 Å². The van der Waals surface area contributed by atoms with E-state index in [2.05, 4.69) is 25.3 Å². The zero-order valence-corrected chi connectivity index (χ0v) is 18.8. The van der Waals surface area contributed by atoms with Crippen molar-refractivity contribution in [3.05, 3.63) is 35.5 Å². The lowest BCUT2D eigenvalue weighted by Gasteiger charge is -2.40. The monoisotopic (exact) mass is 460 g/mol. The van der Waals surface area contributed by atoms with Gasteiger partial charge in [0, 0.05) is 25.7 Å². The summed E-state index contributed by atoms with van der Waals surface area (Å²) in [7, 11) is 1.85. The summed E-state index contributed by atoms with van der Waals surface area (Å²) in [5.74, 6) is 0.933. The van der Waals surface area contributed by atoms with Crippen LogP contribution in [0.2, 0.25) is 0 Å². The molecule has 2 aromatic rings. The standard InChI is InChI=1S/C22H26F2N6O3/c1-11(2)17-19(31)27-16-12(3)25-22(28-18(16)29(17)4)26-14-9-30(10-14)20(32)13-5-7-15(8-6-13)33-21(23)24/h5-8,11,14,17,21H,9-10H2,1-4H3,(H,27,31)(H,25,26,28)/t17-/m0/s1. The van der Waals surface area contributed by atoms with Gasteiger partial charge >= 0.3 is 6.61 Å². The molecular formula is C22H26F2N6O3. The van der Waals surface area contributed by atoms with Crippen LogP contribution in [0.15, 0.2) is 24.3 Å². The fourth-order valence-corrected chi connectivity index (χ4v) is 4.16. The summed E-state index contributed by atoms with van der Waals surface area (Å²) in [6.07, 6.45) is 0. The Labute approximate surface area is 190 Å². The Morgan fingerprint density at radius 1 is 1.21 bits per heavy atom. The van der Waals surface area contributed by atoms with Crippen LogP contribution in [0.1, 0.15) is 29.9 Å². The number of likely N-dealkylation sites (tertiary alicyclic amines) is 1. The second-order valence-corrected chi connectivity index (χ2v) is 8.57. The summed E-state index contributed by atoms with van der Waals surface area (Å²) in [5, 5.41) is 6.17. The molecule has 1 aromatic heterocycles. The summed E-state index contributed by atoms with van der Waals surface area (Å²) in [4.78, 5) is 37.7. The number of carbonyl (C=O) groups is 2. The normalized spacial score (nSPS) is 18.2. The molecular weight excluding hydrogens is 434 g/mol. The van der Waals surface area contributed by atoms with Crippen molar-refractivity contribution >= 4 is 29.3 Å². The Balaban J connectivity index is 1.39. The first-order valence-corrected chi connectivity index (χ1v) is 10.7. The Kier molecular flexibility index (Phi) is 6.05. The van der Waals surface area contributed by atoms with Gasteiger partial charge in [0.2, 0.25) is 11.9 Å². The van der Waals surface area contributed by atoms with Crippen LogP contribution in [0.25, 0.3) is 0 Å². The highest BCUT2D eigenvalue weighted by Crippen LogP contribution is 2.34. The highest BCUT2D eigenvalue weighted by molar-refractivity contribution is 6.03. The number of fused-ring (bicyclic) bond motifs is 1. The number of nitrogens with one attached hydrogen (secondary N) is 2. The zero-order valence-electron chi connectivity index (χ0n) is 18.8. The van der Waals surface area contributed by atoms with E-state index in [1.54, 1.807) is 4.90 Å². The fourth-order valence-electron chi connectivity index (χ4n) is 4.16. The molecule has 176 valence electrons. The van der Waals surface area contributed by atoms with Crippen molar-refractivity contribution in [2.75, 3.05) is 35.7 Å². The van der Waals surface area contributed by atoms with Gasteiger partial charge in [-0.2, -0.15) is 13.8 Å². The molecule has 4 rings (SSSR count). The van der Waals surface area contributed by atoms with Crippen LogP contribution in [0.5, 0.6) is 5.75 Å². The second-order valence-electron chi connectivity index (χ2n) is 8.57. The first kappa shape index (κ1) is 22.7. The molecule has 0 bridgehead atoms. The first-order valence-electron chi connectivity index (χ1n) is 10.7. The number of likely N-dealkylation sites (N-methyl/N-ethyl adjacent to an activating group) is 1. The number of aryl methyl sites for hydroxylation is 1. The van der Waals surface area contributed by atoms with Crippen molar-refractivity contribution in [2.24, 2.45) is 5.92 Å². The number of ether oxygens (including phenoxy) is 1. The highest BCUT2D eigenvalue weighted by atomic mass is 19.3. The number of benzene rings is 1. The molecule has 2 amide bonds. The first-order chi connectivity index (χ1) is 15.6. The third kappa shape index (κ3) is 4.53. The molecule has 2 N–H and O–H groups in total. The molecule has 0 radical (unpaired) electrons. The van der Waals surface area contributed by atoms with Crippen molar-refractivity contribution in [1.82, 2.24) is 14.9 Å². The van der Waals surface area contributed by atoms with Crippen LogP contribution in [0.3, 0.4) is 0 Å². The van der Waals surface area contributed by atoms with Crippen molar-refractivity contribution < 1.29 is 23.1 Å². The maximum atomic E-state index is 12.6. The van der Waals surface area contributed by atoms with Gasteiger partial charge in [-0.25, -0.2) is 4.98 Å². The maximum absolute atomic E-state index is 12.6. The van der Waals surface area contributed by atoms with Gasteiger partial charge in [0.15, 0.2) is 5.82 Å². The molecule has 0 saturated carbocycles. The topological polar surface area (TPSA) is 99.7 Å². The van der Waals surface area contributed by atoms with Crippen LogP contribution >= 0.6 is 0 Å². The summed E-state index contributed by atoms with van der Waals surface area (Å²) in [6.45, 7) is 3.78. The fraction of sp³-hybridized carbons (Fsp3) is 0.455. The van der Waals surface area contributed by atoms with Gasteiger partial charge in [0.25, 0.3) is 5.91 Å². The van der Waals surface area contributed by atoms with Gasteiger partial charge in [0.1, 0.15) is 17.5 Å². The number of hydrogen-bond donors (Lipinski definition) is 2. The van der Waals surface area contributed by atoms with Crippen LogP contribution < -0.4 is 20.3 Å². The minimum Gasteiger partial charge on any atom is -0.435 e. The SMILES string of the molecule is Cc1nc(NC2CN(C(=O)c3ccc(OC(F)F)cc3)C2)nc2c1NC(=O)[C@H](C(C)C)N2C. The number of amides is 2. The van der Waals surface area contributed by atoms with E-state index in [0.29, 0.717) is 41.8 Å². The van der Waals surface area contributed by atoms with Crippen LogP contribution in [0, 0.1) is 12.8 Å². The minimum absolute atomic E-state index is 0.00509. The Morgan fingerprint density at radius 2 is 1.88 bits per heavy atom. The average molecular weight is 460 g/mol. The quantitative estimate of drug-likeness (QED) is 0.684. The van der Waals surface area contributed by atoms with Crippen LogP contribution in [-0.2, 0) is 4.79 Å². The molecule has 0 unspecified atom stereocenters. The van der Waals surface area contributed by atoms with Crippen LogP contribution in [-0.4, -0.2) is 65.5 Å². The summed E-state index contributed by atoms with van der Waals surface area (Å²) in [5.41, 5.74) is 1.66. The van der Waals surface area contributed by atoms with E-state index in [-0.39, 0.29) is 35.6 Å². The van der Waals surface area contributed by atoms with E-state index >= 15 is 0 Å². The van der Waals surface area contributed by atoms with Gasteiger partial charge in [-0.05, 0) is 37.1 Å². The number of rotatable bonds is 6. The third-order valence-electron chi connectivity index (χ3n) is 5.80. The molecule has 1 fully saturated rings. The van der Waals surface area contributed by atoms with Gasteiger partial charge in [-0.3, -0.25) is 9.59 Å². The lowest BCUT2D eigenvalue weighted by Crippen LogP contribution is -2.57. The number of halogens is 2. The molecule has 1 saturated heterocycles. The summed E-state index contributed by atoms with van der Waals surface area (Å²) in [6, 6.07) is 5.26. The predicted molar refractivity (Wildman–Crippen MR) is 119 cm³/mol. The van der Waals surface area contributed by atoms with E-state index in [4.69, 9.17) is 0 Å².